The van der Waals surface area contributed by atoms with Crippen molar-refractivity contribution < 1.29 is 9.84 Å². The van der Waals surface area contributed by atoms with Crippen LogP contribution in [0.1, 0.15) is 5.56 Å². The quantitative estimate of drug-likeness (QED) is 0.462. The lowest BCUT2D eigenvalue weighted by Crippen LogP contribution is -2.24. The Labute approximate surface area is 181 Å². The summed E-state index contributed by atoms with van der Waals surface area (Å²) in [4.78, 5) is 13.3. The number of para-hydroxylation sites is 1. The highest BCUT2D eigenvalue weighted by Gasteiger charge is 2.19. The van der Waals surface area contributed by atoms with Gasteiger partial charge in [-0.15, -0.1) is 10.2 Å². The highest BCUT2D eigenvalue weighted by molar-refractivity contribution is 6.30. The van der Waals surface area contributed by atoms with E-state index in [1.165, 1.54) is 6.07 Å². The van der Waals surface area contributed by atoms with Gasteiger partial charge >= 0.3 is 0 Å². The maximum atomic E-state index is 13.3. The van der Waals surface area contributed by atoms with E-state index in [9.17, 15) is 9.90 Å². The van der Waals surface area contributed by atoms with Crippen LogP contribution < -0.4 is 10.3 Å². The van der Waals surface area contributed by atoms with Crippen LogP contribution in [0.3, 0.4) is 0 Å². The van der Waals surface area contributed by atoms with E-state index >= 15 is 0 Å². The Kier molecular flexibility index (Phi) is 4.60. The molecule has 31 heavy (non-hydrogen) atoms. The first-order chi connectivity index (χ1) is 15.1. The number of ether oxygens (including phenoxy) is 1. The first-order valence-corrected chi connectivity index (χ1v) is 9.93. The number of methoxy groups -OCH3 is 1. The van der Waals surface area contributed by atoms with E-state index < -0.39 is 0 Å². The second-order valence-electron chi connectivity index (χ2n) is 7.08. The van der Waals surface area contributed by atoms with Crippen LogP contribution in [0.5, 0.6) is 11.5 Å². The highest BCUT2D eigenvalue weighted by Crippen LogP contribution is 2.32. The zero-order chi connectivity index (χ0) is 21.5. The van der Waals surface area contributed by atoms with Crippen LogP contribution in [0.4, 0.5) is 0 Å². The van der Waals surface area contributed by atoms with Crippen molar-refractivity contribution in [2.75, 3.05) is 7.11 Å². The third-order valence-electron chi connectivity index (χ3n) is 5.21. The minimum atomic E-state index is -0.173. The Morgan fingerprint density at radius 2 is 1.81 bits per heavy atom. The summed E-state index contributed by atoms with van der Waals surface area (Å²) in [7, 11) is 1.61. The molecule has 154 valence electrons. The molecule has 0 amide bonds. The van der Waals surface area contributed by atoms with E-state index in [2.05, 4.69) is 10.2 Å². The van der Waals surface area contributed by atoms with E-state index in [1.54, 1.807) is 34.3 Å². The second kappa shape index (κ2) is 7.45. The monoisotopic (exact) mass is 432 g/mol. The molecule has 0 saturated carbocycles. The predicted octanol–water partition coefficient (Wildman–Crippen LogP) is 4.13. The van der Waals surface area contributed by atoms with Gasteiger partial charge in [0.1, 0.15) is 11.5 Å². The number of rotatable bonds is 4. The van der Waals surface area contributed by atoms with Gasteiger partial charge in [0.05, 0.1) is 30.1 Å². The molecule has 0 saturated heterocycles. The summed E-state index contributed by atoms with van der Waals surface area (Å²) in [6.07, 6.45) is 0. The van der Waals surface area contributed by atoms with Crippen LogP contribution in [-0.4, -0.2) is 31.4 Å². The van der Waals surface area contributed by atoms with Crippen LogP contribution in [0.15, 0.2) is 71.5 Å². The van der Waals surface area contributed by atoms with E-state index in [4.69, 9.17) is 16.3 Å². The summed E-state index contributed by atoms with van der Waals surface area (Å²) in [6, 6.07) is 19.5. The van der Waals surface area contributed by atoms with Crippen LogP contribution in [0.2, 0.25) is 5.02 Å². The third kappa shape index (κ3) is 3.19. The normalized spacial score (nSPS) is 11.3. The molecule has 8 heteroatoms. The van der Waals surface area contributed by atoms with Gasteiger partial charge in [-0.05, 0) is 48.0 Å². The van der Waals surface area contributed by atoms with Crippen LogP contribution in [0, 0.1) is 0 Å². The minimum Gasteiger partial charge on any atom is -0.507 e. The van der Waals surface area contributed by atoms with Gasteiger partial charge in [-0.2, -0.15) is 0 Å². The summed E-state index contributed by atoms with van der Waals surface area (Å²) in [5.41, 5.74) is 1.82. The number of phenols is 1. The number of benzene rings is 3. The van der Waals surface area contributed by atoms with Crippen molar-refractivity contribution in [1.82, 2.24) is 19.2 Å². The molecule has 2 heterocycles. The molecule has 5 aromatic rings. The highest BCUT2D eigenvalue weighted by atomic mass is 35.5. The maximum Gasteiger partial charge on any atom is 0.263 e. The molecule has 7 nitrogen and oxygen atoms in total. The molecule has 0 bridgehead atoms. The van der Waals surface area contributed by atoms with Crippen molar-refractivity contribution in [2.24, 2.45) is 0 Å². The fourth-order valence-electron chi connectivity index (χ4n) is 3.68. The molecule has 0 spiro atoms. The standard InChI is InChI=1S/C23H17ClN4O3/c1-31-16-9-6-14(7-10-16)13-27-22(30)17-4-2-3-5-19(17)28-21(25-26-23(27)28)18-12-15(24)8-11-20(18)29/h2-12,29H,13H2,1H3. The summed E-state index contributed by atoms with van der Waals surface area (Å²) < 4.78 is 8.56. The van der Waals surface area contributed by atoms with Gasteiger partial charge in [0.15, 0.2) is 5.82 Å². The number of phenolic OH excluding ortho intramolecular Hbond substituents is 1. The number of halogens is 1. The predicted molar refractivity (Wildman–Crippen MR) is 119 cm³/mol. The molecular formula is C23H17ClN4O3. The number of fused-ring (bicyclic) bond motifs is 3. The van der Waals surface area contributed by atoms with E-state index in [0.717, 1.165) is 11.3 Å². The average molecular weight is 433 g/mol. The van der Waals surface area contributed by atoms with Gasteiger partial charge in [0.25, 0.3) is 5.56 Å². The zero-order valence-corrected chi connectivity index (χ0v) is 17.2. The molecule has 2 aromatic heterocycles. The smallest absolute Gasteiger partial charge is 0.263 e. The van der Waals surface area contributed by atoms with Crippen molar-refractivity contribution in [1.29, 1.82) is 0 Å². The number of aromatic hydroxyl groups is 1. The number of hydrogen-bond donors (Lipinski definition) is 1. The van der Waals surface area contributed by atoms with Gasteiger partial charge in [0.2, 0.25) is 5.78 Å². The first kappa shape index (κ1) is 19.1. The number of aromatic nitrogens is 4. The maximum absolute atomic E-state index is 13.3. The van der Waals surface area contributed by atoms with Gasteiger partial charge in [-0.25, -0.2) is 0 Å². The Morgan fingerprint density at radius 3 is 2.58 bits per heavy atom. The van der Waals surface area contributed by atoms with E-state index in [-0.39, 0.29) is 11.3 Å². The number of hydrogen-bond acceptors (Lipinski definition) is 5. The van der Waals surface area contributed by atoms with Crippen molar-refractivity contribution in [2.45, 2.75) is 6.54 Å². The van der Waals surface area contributed by atoms with Crippen molar-refractivity contribution >= 4 is 28.3 Å². The van der Waals surface area contributed by atoms with E-state index in [0.29, 0.717) is 39.6 Å². The van der Waals surface area contributed by atoms with Crippen molar-refractivity contribution in [3.8, 4) is 22.9 Å². The average Bonchev–Trinajstić information content (AvgIpc) is 3.23. The van der Waals surface area contributed by atoms with Crippen LogP contribution in [-0.2, 0) is 6.54 Å². The fourth-order valence-corrected chi connectivity index (χ4v) is 3.85. The summed E-state index contributed by atoms with van der Waals surface area (Å²) in [6.45, 7) is 0.302. The zero-order valence-electron chi connectivity index (χ0n) is 16.5. The molecule has 1 N–H and O–H groups in total. The van der Waals surface area contributed by atoms with Crippen molar-refractivity contribution in [3.05, 3.63) is 87.7 Å². The van der Waals surface area contributed by atoms with E-state index in [1.807, 2.05) is 42.5 Å². The van der Waals surface area contributed by atoms with Gasteiger partial charge in [0, 0.05) is 5.02 Å². The molecule has 0 aliphatic carbocycles. The summed E-state index contributed by atoms with van der Waals surface area (Å²) in [5.74, 6) is 1.53. The Bertz CT molecular complexity index is 1490. The molecule has 0 fully saturated rings. The fraction of sp³-hybridized carbons (Fsp3) is 0.0870. The molecule has 0 atom stereocenters. The lowest BCUT2D eigenvalue weighted by Gasteiger charge is -2.12. The van der Waals surface area contributed by atoms with Crippen LogP contribution >= 0.6 is 11.6 Å². The lowest BCUT2D eigenvalue weighted by molar-refractivity contribution is 0.414. The molecule has 0 aliphatic heterocycles. The summed E-state index contributed by atoms with van der Waals surface area (Å²) in [5, 5.41) is 20.0. The van der Waals surface area contributed by atoms with Crippen molar-refractivity contribution in [3.63, 3.8) is 0 Å². The van der Waals surface area contributed by atoms with Gasteiger partial charge in [-0.1, -0.05) is 35.9 Å². The molecule has 0 radical (unpaired) electrons. The SMILES string of the molecule is COc1ccc(Cn2c(=O)c3ccccc3n3c(-c4cc(Cl)ccc4O)nnc23)cc1. The largest absolute Gasteiger partial charge is 0.507 e. The van der Waals surface area contributed by atoms with Gasteiger partial charge in [-0.3, -0.25) is 13.8 Å². The molecule has 3 aromatic carbocycles. The molecule has 0 aliphatic rings. The molecular weight excluding hydrogens is 416 g/mol. The molecule has 0 unspecified atom stereocenters. The third-order valence-corrected chi connectivity index (χ3v) is 5.44. The Hall–Kier alpha value is -3.84. The molecule has 5 rings (SSSR count). The topological polar surface area (TPSA) is 81.7 Å². The Balaban J connectivity index is 1.80. The minimum absolute atomic E-state index is 0.0238. The Morgan fingerprint density at radius 1 is 1.03 bits per heavy atom. The lowest BCUT2D eigenvalue weighted by atomic mass is 10.1. The van der Waals surface area contributed by atoms with Gasteiger partial charge < -0.3 is 9.84 Å². The van der Waals surface area contributed by atoms with Crippen LogP contribution in [0.25, 0.3) is 28.1 Å². The summed E-state index contributed by atoms with van der Waals surface area (Å²) >= 11 is 6.16. The second-order valence-corrected chi connectivity index (χ2v) is 7.51. The number of nitrogens with zero attached hydrogens (tertiary/aromatic N) is 4. The first-order valence-electron chi connectivity index (χ1n) is 9.55.